The molecule has 1 spiro atoms. The van der Waals surface area contributed by atoms with Crippen LogP contribution in [-0.2, 0) is 14.4 Å². The minimum atomic E-state index is -1.78. The smallest absolute Gasteiger partial charge is 0.329 e. The molecule has 2 aliphatic heterocycles. The summed E-state index contributed by atoms with van der Waals surface area (Å²) in [6.45, 7) is 6.20. The predicted octanol–water partition coefficient (Wildman–Crippen LogP) is 4.33. The van der Waals surface area contributed by atoms with Gasteiger partial charge in [0, 0.05) is 25.2 Å². The molecule has 40 heavy (non-hydrogen) atoms. The van der Waals surface area contributed by atoms with Gasteiger partial charge in [-0.3, -0.25) is 14.4 Å². The van der Waals surface area contributed by atoms with Crippen molar-refractivity contribution in [3.63, 3.8) is 0 Å². The summed E-state index contributed by atoms with van der Waals surface area (Å²) < 4.78 is 0. The minimum absolute atomic E-state index is 0.0221. The summed E-state index contributed by atoms with van der Waals surface area (Å²) in [4.78, 5) is 56.0. The maximum Gasteiger partial charge on any atom is 0.329 e. The molecule has 2 aromatic rings. The van der Waals surface area contributed by atoms with Gasteiger partial charge < -0.3 is 25.5 Å². The van der Waals surface area contributed by atoms with Gasteiger partial charge in [-0.25, -0.2) is 4.79 Å². The first-order valence-corrected chi connectivity index (χ1v) is 14.0. The number of nitrogens with zero attached hydrogens (tertiary/aromatic N) is 2. The molecule has 0 radical (unpaired) electrons. The second-order valence-corrected chi connectivity index (χ2v) is 12.2. The topological polar surface area (TPSA) is 119 Å². The fraction of sp³-hybridized carbons (Fsp3) is 0.448. The molecule has 2 heterocycles. The molecule has 1 atom stereocenters. The van der Waals surface area contributed by atoms with Gasteiger partial charge in [-0.15, -0.1) is 0 Å². The number of rotatable bonds is 7. The third-order valence-corrected chi connectivity index (χ3v) is 8.85. The van der Waals surface area contributed by atoms with Crippen molar-refractivity contribution in [3.05, 3.63) is 64.1 Å². The molecule has 0 aromatic heterocycles. The molecular formula is C29H34Cl2N4O5. The van der Waals surface area contributed by atoms with Crippen LogP contribution in [0.25, 0.3) is 0 Å². The molecule has 0 aliphatic carbocycles. The van der Waals surface area contributed by atoms with Gasteiger partial charge in [0.15, 0.2) is 0 Å². The van der Waals surface area contributed by atoms with Crippen LogP contribution in [0.15, 0.2) is 48.5 Å². The van der Waals surface area contributed by atoms with Gasteiger partial charge in [0.25, 0.3) is 5.91 Å². The number of anilines is 1. The van der Waals surface area contributed by atoms with Crippen molar-refractivity contribution in [2.24, 2.45) is 5.41 Å². The SMILES string of the molecule is CC(C)(C)C(CCC(=O)N1CCC2(CC1)C(=O)NCN2c1ccccc1)(NC(=O)c1c(Cl)cccc1Cl)C(=O)O. The summed E-state index contributed by atoms with van der Waals surface area (Å²) in [6, 6.07) is 14.3. The molecule has 214 valence electrons. The van der Waals surface area contributed by atoms with Gasteiger partial charge in [-0.05, 0) is 48.9 Å². The fourth-order valence-electron chi connectivity index (χ4n) is 5.69. The number of carboxylic acids is 1. The van der Waals surface area contributed by atoms with E-state index >= 15 is 0 Å². The van der Waals surface area contributed by atoms with E-state index in [1.807, 2.05) is 30.3 Å². The van der Waals surface area contributed by atoms with Crippen LogP contribution in [0.1, 0.15) is 56.8 Å². The molecule has 0 bridgehead atoms. The van der Waals surface area contributed by atoms with E-state index in [1.165, 1.54) is 12.1 Å². The van der Waals surface area contributed by atoms with Gasteiger partial charge in [-0.2, -0.15) is 0 Å². The quantitative estimate of drug-likeness (QED) is 0.443. The van der Waals surface area contributed by atoms with Crippen LogP contribution in [-0.4, -0.2) is 64.5 Å². The summed E-state index contributed by atoms with van der Waals surface area (Å²) >= 11 is 12.4. The van der Waals surface area contributed by atoms with Crippen LogP contribution >= 0.6 is 23.2 Å². The highest BCUT2D eigenvalue weighted by Gasteiger charge is 2.52. The van der Waals surface area contributed by atoms with Crippen molar-refractivity contribution >= 4 is 52.6 Å². The maximum absolute atomic E-state index is 13.4. The highest BCUT2D eigenvalue weighted by Crippen LogP contribution is 2.38. The Kier molecular flexibility index (Phi) is 8.38. The van der Waals surface area contributed by atoms with E-state index in [9.17, 15) is 24.3 Å². The number of carbonyl (C=O) groups is 4. The van der Waals surface area contributed by atoms with E-state index in [1.54, 1.807) is 31.7 Å². The van der Waals surface area contributed by atoms with Crippen molar-refractivity contribution in [3.8, 4) is 0 Å². The average molecular weight is 590 g/mol. The van der Waals surface area contributed by atoms with E-state index in [0.29, 0.717) is 32.6 Å². The van der Waals surface area contributed by atoms with Crippen LogP contribution in [0.4, 0.5) is 5.69 Å². The van der Waals surface area contributed by atoms with Crippen LogP contribution in [0.5, 0.6) is 0 Å². The number of hydrogen-bond acceptors (Lipinski definition) is 5. The van der Waals surface area contributed by atoms with Crippen molar-refractivity contribution in [1.82, 2.24) is 15.5 Å². The number of carbonyl (C=O) groups excluding carboxylic acids is 3. The number of likely N-dealkylation sites (tertiary alicyclic amines) is 1. The number of para-hydroxylation sites is 1. The fourth-order valence-corrected chi connectivity index (χ4v) is 6.26. The lowest BCUT2D eigenvalue weighted by Gasteiger charge is -2.44. The van der Waals surface area contributed by atoms with Crippen molar-refractivity contribution < 1.29 is 24.3 Å². The number of amides is 3. The Morgan fingerprint density at radius 3 is 2.15 bits per heavy atom. The lowest BCUT2D eigenvalue weighted by atomic mass is 9.70. The maximum atomic E-state index is 13.4. The Labute approximate surface area is 243 Å². The Bertz CT molecular complexity index is 1280. The molecule has 11 heteroatoms. The molecule has 2 saturated heterocycles. The molecule has 2 aromatic carbocycles. The molecule has 0 saturated carbocycles. The third-order valence-electron chi connectivity index (χ3n) is 8.22. The van der Waals surface area contributed by atoms with E-state index in [-0.39, 0.29) is 40.3 Å². The predicted molar refractivity (Wildman–Crippen MR) is 153 cm³/mol. The van der Waals surface area contributed by atoms with Crippen molar-refractivity contribution in [2.75, 3.05) is 24.7 Å². The first kappa shape index (κ1) is 29.7. The summed E-state index contributed by atoms with van der Waals surface area (Å²) in [5.74, 6) is -2.28. The highest BCUT2D eigenvalue weighted by molar-refractivity contribution is 6.39. The lowest BCUT2D eigenvalue weighted by molar-refractivity contribution is -0.150. The third kappa shape index (κ3) is 5.37. The monoisotopic (exact) mass is 588 g/mol. The number of halogens is 2. The standard InChI is InChI=1S/C29H34Cl2N4O5/c1-27(2,3)29(26(39)40,33-24(37)23-20(30)10-7-11-21(23)31)13-12-22(36)34-16-14-28(15-17-34)25(38)32-18-35(28)19-8-5-4-6-9-19/h4-11H,12-18H2,1-3H3,(H,32,38)(H,33,37)(H,39,40). The molecule has 3 N–H and O–H groups in total. The zero-order valence-electron chi connectivity index (χ0n) is 22.8. The van der Waals surface area contributed by atoms with Crippen LogP contribution in [0.3, 0.4) is 0 Å². The van der Waals surface area contributed by atoms with Crippen molar-refractivity contribution in [2.45, 2.75) is 57.5 Å². The molecule has 1 unspecified atom stereocenters. The molecule has 9 nitrogen and oxygen atoms in total. The first-order chi connectivity index (χ1) is 18.8. The van der Waals surface area contributed by atoms with E-state index < -0.39 is 28.4 Å². The minimum Gasteiger partial charge on any atom is -0.479 e. The zero-order valence-corrected chi connectivity index (χ0v) is 24.3. The summed E-state index contributed by atoms with van der Waals surface area (Å²) in [5.41, 5.74) is -2.57. The van der Waals surface area contributed by atoms with E-state index in [2.05, 4.69) is 15.5 Å². The largest absolute Gasteiger partial charge is 0.479 e. The first-order valence-electron chi connectivity index (χ1n) is 13.2. The molecule has 2 fully saturated rings. The van der Waals surface area contributed by atoms with Gasteiger partial charge in [0.05, 0.1) is 22.3 Å². The average Bonchev–Trinajstić information content (AvgIpc) is 3.21. The van der Waals surface area contributed by atoms with Crippen LogP contribution in [0.2, 0.25) is 10.0 Å². The zero-order chi connectivity index (χ0) is 29.3. The number of nitrogens with one attached hydrogen (secondary N) is 2. The summed E-state index contributed by atoms with van der Waals surface area (Å²) in [5, 5.41) is 16.2. The lowest BCUT2D eigenvalue weighted by Crippen LogP contribution is -2.63. The van der Waals surface area contributed by atoms with Gasteiger partial charge in [-0.1, -0.05) is 68.2 Å². The summed E-state index contributed by atoms with van der Waals surface area (Å²) in [6.07, 6.45) is 0.646. The van der Waals surface area contributed by atoms with Gasteiger partial charge in [0.2, 0.25) is 11.8 Å². The van der Waals surface area contributed by atoms with Crippen molar-refractivity contribution in [1.29, 1.82) is 0 Å². The number of carboxylic acid groups (broad SMARTS) is 1. The Hall–Kier alpha value is -3.30. The molecular weight excluding hydrogens is 555 g/mol. The molecule has 2 aliphatic rings. The Morgan fingerprint density at radius 1 is 1.00 bits per heavy atom. The number of hydrogen-bond donors (Lipinski definition) is 3. The summed E-state index contributed by atoms with van der Waals surface area (Å²) in [7, 11) is 0. The number of piperidine rings is 1. The van der Waals surface area contributed by atoms with Crippen LogP contribution < -0.4 is 15.5 Å². The molecule has 4 rings (SSSR count). The van der Waals surface area contributed by atoms with Crippen LogP contribution in [0, 0.1) is 5.41 Å². The number of benzene rings is 2. The normalized spacial score (nSPS) is 18.3. The Morgan fingerprint density at radius 2 is 1.60 bits per heavy atom. The second-order valence-electron chi connectivity index (χ2n) is 11.4. The van der Waals surface area contributed by atoms with E-state index in [4.69, 9.17) is 23.2 Å². The highest BCUT2D eigenvalue weighted by atomic mass is 35.5. The van der Waals surface area contributed by atoms with Gasteiger partial charge >= 0.3 is 5.97 Å². The van der Waals surface area contributed by atoms with Gasteiger partial charge in [0.1, 0.15) is 11.1 Å². The number of aliphatic carboxylic acids is 1. The second kappa shape index (κ2) is 11.3. The van der Waals surface area contributed by atoms with E-state index in [0.717, 1.165) is 5.69 Å². The molecule has 3 amide bonds. The Balaban J connectivity index is 1.48.